The molecule has 1 atom stereocenters. The number of benzene rings is 3. The Hall–Kier alpha value is -2.91. The first-order chi connectivity index (χ1) is 12.8. The number of carbonyl (C=O) groups is 1. The molecule has 0 spiro atoms. The average molecular weight is 343 g/mol. The monoisotopic (exact) mass is 343 g/mol. The first-order valence-electron chi connectivity index (χ1n) is 8.90. The Morgan fingerprint density at radius 1 is 0.846 bits per heavy atom. The molecule has 1 unspecified atom stereocenters. The maximum Gasteiger partial charge on any atom is 0.339 e. The summed E-state index contributed by atoms with van der Waals surface area (Å²) >= 11 is 0. The third-order valence-corrected chi connectivity index (χ3v) is 4.77. The van der Waals surface area contributed by atoms with E-state index in [-0.39, 0.29) is 12.2 Å². The van der Waals surface area contributed by atoms with Crippen LogP contribution in [0.2, 0.25) is 0 Å². The largest absolute Gasteiger partial charge is 0.442 e. The maximum atomic E-state index is 12.6. The molecule has 0 aliphatic carbocycles. The van der Waals surface area contributed by atoms with Gasteiger partial charge in [0.25, 0.3) is 0 Å². The predicted molar refractivity (Wildman–Crippen MR) is 101 cm³/mol. The van der Waals surface area contributed by atoms with Crippen molar-refractivity contribution < 1.29 is 9.53 Å². The molecule has 0 fully saturated rings. The number of rotatable bonds is 4. The summed E-state index contributed by atoms with van der Waals surface area (Å²) in [6, 6.07) is 27.9. The van der Waals surface area contributed by atoms with Gasteiger partial charge in [-0.25, -0.2) is 4.79 Å². The molecule has 0 amide bonds. The minimum Gasteiger partial charge on any atom is -0.442 e. The Labute approximate surface area is 153 Å². The second-order valence-electron chi connectivity index (χ2n) is 6.59. The molecule has 3 aromatic rings. The molecule has 0 bridgehead atoms. The van der Waals surface area contributed by atoms with Gasteiger partial charge in [-0.1, -0.05) is 72.8 Å². The number of nitrogens with zero attached hydrogens (tertiary/aromatic N) is 1. The van der Waals surface area contributed by atoms with E-state index in [2.05, 4.69) is 35.2 Å². The van der Waals surface area contributed by atoms with E-state index < -0.39 is 0 Å². The fourth-order valence-electron chi connectivity index (χ4n) is 3.41. The van der Waals surface area contributed by atoms with E-state index in [0.29, 0.717) is 12.0 Å². The van der Waals surface area contributed by atoms with E-state index in [1.54, 1.807) is 12.1 Å². The number of ether oxygens (including phenoxy) is 1. The van der Waals surface area contributed by atoms with Gasteiger partial charge in [0, 0.05) is 19.5 Å². The van der Waals surface area contributed by atoms with E-state index in [0.717, 1.165) is 13.1 Å². The second kappa shape index (κ2) is 7.54. The van der Waals surface area contributed by atoms with Crippen LogP contribution in [0.4, 0.5) is 0 Å². The summed E-state index contributed by atoms with van der Waals surface area (Å²) in [7, 11) is 0. The number of hydrogen-bond acceptors (Lipinski definition) is 3. The van der Waals surface area contributed by atoms with Crippen LogP contribution in [-0.2, 0) is 24.2 Å². The molecule has 130 valence electrons. The van der Waals surface area contributed by atoms with E-state index >= 15 is 0 Å². The molecule has 4 rings (SSSR count). The lowest BCUT2D eigenvalue weighted by molar-refractivity contribution is -0.0456. The van der Waals surface area contributed by atoms with Gasteiger partial charge in [0.2, 0.25) is 0 Å². The predicted octanol–water partition coefficient (Wildman–Crippen LogP) is 4.43. The van der Waals surface area contributed by atoms with Crippen LogP contribution >= 0.6 is 0 Å². The molecule has 0 saturated carbocycles. The Kier molecular flexibility index (Phi) is 4.80. The van der Waals surface area contributed by atoms with Gasteiger partial charge in [-0.3, -0.25) is 4.90 Å². The molecule has 1 heterocycles. The summed E-state index contributed by atoms with van der Waals surface area (Å²) in [5.41, 5.74) is 4.36. The SMILES string of the molecule is O=C(OC1Cc2ccccc2CN1Cc1ccccc1)c1ccccc1. The van der Waals surface area contributed by atoms with Crippen LogP contribution in [0.3, 0.4) is 0 Å². The minimum atomic E-state index is -0.270. The second-order valence-corrected chi connectivity index (χ2v) is 6.59. The third-order valence-electron chi connectivity index (χ3n) is 4.77. The quantitative estimate of drug-likeness (QED) is 0.657. The molecule has 26 heavy (non-hydrogen) atoms. The standard InChI is InChI=1S/C23H21NO2/c25-23(19-11-5-2-6-12-19)26-22-15-20-13-7-8-14-21(20)17-24(22)16-18-9-3-1-4-10-18/h1-14,22H,15-17H2. The third kappa shape index (κ3) is 3.68. The lowest BCUT2D eigenvalue weighted by atomic mass is 9.98. The van der Waals surface area contributed by atoms with Gasteiger partial charge < -0.3 is 4.74 Å². The highest BCUT2D eigenvalue weighted by Crippen LogP contribution is 2.26. The fraction of sp³-hybridized carbons (Fsp3) is 0.174. The summed E-state index contributed by atoms with van der Waals surface area (Å²) in [6.07, 6.45) is 0.444. The smallest absolute Gasteiger partial charge is 0.339 e. The molecule has 1 aliphatic rings. The summed E-state index contributed by atoms with van der Waals surface area (Å²) in [5, 5.41) is 0. The summed E-state index contributed by atoms with van der Waals surface area (Å²) < 4.78 is 5.91. The van der Waals surface area contributed by atoms with Gasteiger partial charge in [-0.15, -0.1) is 0 Å². The molecule has 3 nitrogen and oxygen atoms in total. The van der Waals surface area contributed by atoms with Gasteiger partial charge in [-0.05, 0) is 28.8 Å². The molecule has 3 heteroatoms. The van der Waals surface area contributed by atoms with Crippen LogP contribution in [0.1, 0.15) is 27.0 Å². The Morgan fingerprint density at radius 2 is 1.46 bits per heavy atom. The zero-order valence-electron chi connectivity index (χ0n) is 14.5. The molecule has 3 aromatic carbocycles. The Balaban J connectivity index is 1.57. The molecular weight excluding hydrogens is 322 g/mol. The van der Waals surface area contributed by atoms with Gasteiger partial charge in [0.05, 0.1) is 5.56 Å². The van der Waals surface area contributed by atoms with Crippen LogP contribution in [0.25, 0.3) is 0 Å². The molecule has 1 aliphatic heterocycles. The Bertz CT molecular complexity index is 877. The molecule has 0 radical (unpaired) electrons. The molecular formula is C23H21NO2. The van der Waals surface area contributed by atoms with Crippen LogP contribution in [0.15, 0.2) is 84.9 Å². The first kappa shape index (κ1) is 16.6. The Morgan fingerprint density at radius 3 is 2.19 bits per heavy atom. The van der Waals surface area contributed by atoms with Gasteiger partial charge >= 0.3 is 5.97 Å². The van der Waals surface area contributed by atoms with Crippen LogP contribution < -0.4 is 0 Å². The van der Waals surface area contributed by atoms with Crippen molar-refractivity contribution in [1.29, 1.82) is 0 Å². The minimum absolute atomic E-state index is 0.266. The first-order valence-corrected chi connectivity index (χ1v) is 8.90. The van der Waals surface area contributed by atoms with Crippen molar-refractivity contribution in [3.8, 4) is 0 Å². The molecule has 0 N–H and O–H groups in total. The lowest BCUT2D eigenvalue weighted by Crippen LogP contribution is -2.42. The average Bonchev–Trinajstić information content (AvgIpc) is 2.70. The molecule has 0 aromatic heterocycles. The molecule has 0 saturated heterocycles. The van der Waals surface area contributed by atoms with Gasteiger partial charge in [0.15, 0.2) is 6.23 Å². The zero-order valence-corrected chi connectivity index (χ0v) is 14.5. The normalized spacial score (nSPS) is 16.7. The lowest BCUT2D eigenvalue weighted by Gasteiger charge is -2.36. The highest BCUT2D eigenvalue weighted by Gasteiger charge is 2.29. The highest BCUT2D eigenvalue weighted by molar-refractivity contribution is 5.89. The van der Waals surface area contributed by atoms with Crippen molar-refractivity contribution in [3.05, 3.63) is 107 Å². The summed E-state index contributed by atoms with van der Waals surface area (Å²) in [4.78, 5) is 14.8. The van der Waals surface area contributed by atoms with Crippen molar-refractivity contribution in [2.24, 2.45) is 0 Å². The van der Waals surface area contributed by atoms with Crippen LogP contribution in [0, 0.1) is 0 Å². The number of esters is 1. The van der Waals surface area contributed by atoms with Crippen molar-refractivity contribution in [2.45, 2.75) is 25.7 Å². The fourth-order valence-corrected chi connectivity index (χ4v) is 3.41. The number of hydrogen-bond donors (Lipinski definition) is 0. The zero-order chi connectivity index (χ0) is 17.8. The summed E-state index contributed by atoms with van der Waals surface area (Å²) in [5.74, 6) is -0.270. The van der Waals surface area contributed by atoms with E-state index in [1.807, 2.05) is 42.5 Å². The van der Waals surface area contributed by atoms with Gasteiger partial charge in [0.1, 0.15) is 0 Å². The van der Waals surface area contributed by atoms with Crippen molar-refractivity contribution in [1.82, 2.24) is 4.90 Å². The van der Waals surface area contributed by atoms with Gasteiger partial charge in [-0.2, -0.15) is 0 Å². The highest BCUT2D eigenvalue weighted by atomic mass is 16.6. The van der Waals surface area contributed by atoms with Crippen molar-refractivity contribution >= 4 is 5.97 Å². The van der Waals surface area contributed by atoms with Crippen molar-refractivity contribution in [3.63, 3.8) is 0 Å². The summed E-state index contributed by atoms with van der Waals surface area (Å²) in [6.45, 7) is 1.53. The number of fused-ring (bicyclic) bond motifs is 1. The van der Waals surface area contributed by atoms with E-state index in [1.165, 1.54) is 16.7 Å². The van der Waals surface area contributed by atoms with Crippen LogP contribution in [0.5, 0.6) is 0 Å². The van der Waals surface area contributed by atoms with E-state index in [9.17, 15) is 4.79 Å². The maximum absolute atomic E-state index is 12.6. The van der Waals surface area contributed by atoms with Crippen LogP contribution in [-0.4, -0.2) is 17.1 Å². The number of carbonyl (C=O) groups excluding carboxylic acids is 1. The topological polar surface area (TPSA) is 29.5 Å². The van der Waals surface area contributed by atoms with E-state index in [4.69, 9.17) is 4.74 Å². The van der Waals surface area contributed by atoms with Crippen molar-refractivity contribution in [2.75, 3.05) is 0 Å².